The van der Waals surface area contributed by atoms with E-state index in [0.29, 0.717) is 18.1 Å². The maximum absolute atomic E-state index is 9.60. The van der Waals surface area contributed by atoms with Crippen LogP contribution in [-0.4, -0.2) is 35.4 Å². The molecule has 0 saturated carbocycles. The highest BCUT2D eigenvalue weighted by molar-refractivity contribution is 6.61. The average molecular weight is 312 g/mol. The third-order valence-electron chi connectivity index (χ3n) is 3.29. The number of hydrogen-bond acceptors (Lipinski definition) is 6. The molecule has 1 aromatic carbocycles. The van der Waals surface area contributed by atoms with Gasteiger partial charge in [0.05, 0.1) is 19.8 Å². The van der Waals surface area contributed by atoms with Crippen LogP contribution >= 0.6 is 0 Å². The van der Waals surface area contributed by atoms with Crippen LogP contribution in [-0.2, 0) is 11.3 Å². The number of rotatable bonds is 5. The van der Waals surface area contributed by atoms with Crippen LogP contribution in [0.1, 0.15) is 5.56 Å². The number of hydrogen-bond donors (Lipinski definition) is 2. The molecule has 2 N–H and O–H groups in total. The van der Waals surface area contributed by atoms with Crippen molar-refractivity contribution in [3.8, 4) is 17.4 Å². The summed E-state index contributed by atoms with van der Waals surface area (Å²) in [5.74, 6) is 1.11. The Morgan fingerprint density at radius 3 is 3.04 bits per heavy atom. The molecular formula is C15H13BN2O5. The van der Waals surface area contributed by atoms with Crippen molar-refractivity contribution in [1.82, 2.24) is 4.98 Å². The van der Waals surface area contributed by atoms with Crippen LogP contribution in [0.25, 0.3) is 4.85 Å². The van der Waals surface area contributed by atoms with E-state index in [0.717, 1.165) is 11.0 Å². The van der Waals surface area contributed by atoms with E-state index in [2.05, 4.69) is 9.83 Å². The molecule has 0 bridgehead atoms. The quantitative estimate of drug-likeness (QED) is 0.633. The van der Waals surface area contributed by atoms with Gasteiger partial charge < -0.3 is 24.3 Å². The van der Waals surface area contributed by atoms with Gasteiger partial charge >= 0.3 is 7.12 Å². The Kier molecular flexibility index (Phi) is 4.44. The van der Waals surface area contributed by atoms with E-state index in [-0.39, 0.29) is 24.8 Å². The van der Waals surface area contributed by atoms with Gasteiger partial charge in [0.1, 0.15) is 18.1 Å². The van der Waals surface area contributed by atoms with Gasteiger partial charge in [0.25, 0.3) is 0 Å². The molecule has 0 spiro atoms. The number of fused-ring (bicyclic) bond motifs is 1. The van der Waals surface area contributed by atoms with Crippen LogP contribution in [0.2, 0.25) is 0 Å². The summed E-state index contributed by atoms with van der Waals surface area (Å²) >= 11 is 0. The lowest BCUT2D eigenvalue weighted by atomic mass is 9.80. The third-order valence-corrected chi connectivity index (χ3v) is 3.29. The molecule has 116 valence electrons. The first kappa shape index (κ1) is 15.3. The fraction of sp³-hybridized carbons (Fsp3) is 0.200. The lowest BCUT2D eigenvalue weighted by Crippen LogP contribution is -2.27. The molecule has 1 aromatic heterocycles. The smallest absolute Gasteiger partial charge is 0.491 e. The second kappa shape index (κ2) is 6.66. The summed E-state index contributed by atoms with van der Waals surface area (Å²) in [5.41, 5.74) is 1.82. The van der Waals surface area contributed by atoms with E-state index in [4.69, 9.17) is 25.8 Å². The zero-order valence-corrected chi connectivity index (χ0v) is 12.1. The number of aliphatic hydroxyl groups is 1. The molecule has 0 fully saturated rings. The van der Waals surface area contributed by atoms with E-state index in [1.165, 1.54) is 12.3 Å². The second-order valence-corrected chi connectivity index (χ2v) is 4.80. The molecular weight excluding hydrogens is 299 g/mol. The molecule has 23 heavy (non-hydrogen) atoms. The molecule has 2 aromatic rings. The summed E-state index contributed by atoms with van der Waals surface area (Å²) in [5, 5.41) is 18.4. The number of benzene rings is 1. The number of ether oxygens (including phenoxy) is 2. The Morgan fingerprint density at radius 2 is 2.26 bits per heavy atom. The SMILES string of the molecule is [C-]#[N+]c1cnc(Oc2ccc3c(c2)COB3O)cc1OCCO. The monoisotopic (exact) mass is 312 g/mol. The van der Waals surface area contributed by atoms with Gasteiger partial charge in [0.15, 0.2) is 0 Å². The number of aromatic nitrogens is 1. The Balaban J connectivity index is 1.81. The van der Waals surface area contributed by atoms with Crippen LogP contribution in [0.4, 0.5) is 5.69 Å². The standard InChI is InChI=1S/C15H13BN2O5/c1-17-13-8-18-15(7-14(13)21-5-4-19)23-11-2-3-12-10(6-11)9-22-16(12)20/h2-3,6-8,19-20H,4-5,9H2. The normalized spacial score (nSPS) is 12.7. The van der Waals surface area contributed by atoms with Crippen molar-refractivity contribution in [2.75, 3.05) is 13.2 Å². The van der Waals surface area contributed by atoms with Crippen molar-refractivity contribution in [1.29, 1.82) is 0 Å². The molecule has 3 rings (SSSR count). The highest BCUT2D eigenvalue weighted by atomic mass is 16.5. The minimum absolute atomic E-state index is 0.0834. The van der Waals surface area contributed by atoms with Gasteiger partial charge in [-0.3, -0.25) is 0 Å². The van der Waals surface area contributed by atoms with Gasteiger partial charge in [-0.25, -0.2) is 9.83 Å². The van der Waals surface area contributed by atoms with Crippen LogP contribution < -0.4 is 14.9 Å². The van der Waals surface area contributed by atoms with Crippen molar-refractivity contribution in [3.05, 3.63) is 47.4 Å². The predicted octanol–water partition coefficient (Wildman–Crippen LogP) is 1.01. The number of aliphatic hydroxyl groups excluding tert-OH is 1. The molecule has 1 aliphatic rings. The Morgan fingerprint density at radius 1 is 1.39 bits per heavy atom. The summed E-state index contributed by atoms with van der Waals surface area (Å²) in [6.45, 7) is 7.33. The molecule has 0 radical (unpaired) electrons. The van der Waals surface area contributed by atoms with Gasteiger partial charge in [0.2, 0.25) is 11.6 Å². The lowest BCUT2D eigenvalue weighted by molar-refractivity contribution is 0.201. The first-order valence-electron chi connectivity index (χ1n) is 6.93. The van der Waals surface area contributed by atoms with Gasteiger partial charge in [-0.1, -0.05) is 6.07 Å². The van der Waals surface area contributed by atoms with E-state index in [1.54, 1.807) is 18.2 Å². The summed E-state index contributed by atoms with van der Waals surface area (Å²) in [7, 11) is -0.895. The summed E-state index contributed by atoms with van der Waals surface area (Å²) in [6, 6.07) is 6.71. The summed E-state index contributed by atoms with van der Waals surface area (Å²) in [4.78, 5) is 7.37. The van der Waals surface area contributed by atoms with E-state index < -0.39 is 7.12 Å². The highest BCUT2D eigenvalue weighted by Gasteiger charge is 2.27. The Labute approximate surface area is 133 Å². The van der Waals surface area contributed by atoms with Crippen LogP contribution in [0.3, 0.4) is 0 Å². The minimum Gasteiger partial charge on any atom is -0.502 e. The van der Waals surface area contributed by atoms with Crippen molar-refractivity contribution < 1.29 is 24.3 Å². The van der Waals surface area contributed by atoms with Gasteiger partial charge in [0, 0.05) is 12.3 Å². The van der Waals surface area contributed by atoms with Crippen molar-refractivity contribution in [2.24, 2.45) is 0 Å². The first-order chi connectivity index (χ1) is 11.2. The molecule has 0 saturated heterocycles. The molecule has 0 aliphatic carbocycles. The Hall–Kier alpha value is -2.60. The zero-order chi connectivity index (χ0) is 16.2. The van der Waals surface area contributed by atoms with E-state index >= 15 is 0 Å². The maximum Gasteiger partial charge on any atom is 0.491 e. The molecule has 0 amide bonds. The Bertz CT molecular complexity index is 762. The van der Waals surface area contributed by atoms with Crippen LogP contribution in [0.15, 0.2) is 30.5 Å². The minimum atomic E-state index is -0.895. The van der Waals surface area contributed by atoms with Gasteiger partial charge in [-0.15, -0.1) is 0 Å². The van der Waals surface area contributed by atoms with E-state index in [9.17, 15) is 5.02 Å². The van der Waals surface area contributed by atoms with Crippen molar-refractivity contribution >= 4 is 18.3 Å². The molecule has 1 aliphatic heterocycles. The lowest BCUT2D eigenvalue weighted by Gasteiger charge is -2.10. The number of pyridine rings is 1. The van der Waals surface area contributed by atoms with Crippen LogP contribution in [0.5, 0.6) is 17.4 Å². The van der Waals surface area contributed by atoms with Crippen molar-refractivity contribution in [3.63, 3.8) is 0 Å². The molecule has 0 unspecified atom stereocenters. The first-order valence-corrected chi connectivity index (χ1v) is 6.93. The second-order valence-electron chi connectivity index (χ2n) is 4.80. The van der Waals surface area contributed by atoms with E-state index in [1.807, 2.05) is 0 Å². The molecule has 2 heterocycles. The van der Waals surface area contributed by atoms with Crippen LogP contribution in [0, 0.1) is 6.57 Å². The topological polar surface area (TPSA) is 85.4 Å². The summed E-state index contributed by atoms with van der Waals surface area (Å²) in [6.07, 6.45) is 1.36. The number of nitrogens with zero attached hydrogens (tertiary/aromatic N) is 2. The van der Waals surface area contributed by atoms with Crippen molar-refractivity contribution in [2.45, 2.75) is 6.61 Å². The van der Waals surface area contributed by atoms with Gasteiger partial charge in [-0.2, -0.15) is 0 Å². The fourth-order valence-corrected chi connectivity index (χ4v) is 2.21. The summed E-state index contributed by atoms with van der Waals surface area (Å²) < 4.78 is 16.1. The average Bonchev–Trinajstić information content (AvgIpc) is 2.94. The fourth-order valence-electron chi connectivity index (χ4n) is 2.21. The van der Waals surface area contributed by atoms with Gasteiger partial charge in [-0.05, 0) is 23.2 Å². The molecule has 0 atom stereocenters. The largest absolute Gasteiger partial charge is 0.502 e. The zero-order valence-electron chi connectivity index (χ0n) is 12.1. The predicted molar refractivity (Wildman–Crippen MR) is 82.0 cm³/mol. The molecule has 7 nitrogen and oxygen atoms in total. The highest BCUT2D eigenvalue weighted by Crippen LogP contribution is 2.32. The third kappa shape index (κ3) is 3.27. The molecule has 8 heteroatoms. The maximum atomic E-state index is 9.60.